The number of carbonyl (C=O) groups is 2. The molecule has 2 rings (SSSR count). The van der Waals surface area contributed by atoms with Crippen molar-refractivity contribution in [1.29, 1.82) is 10.5 Å². The average Bonchev–Trinajstić information content (AvgIpc) is 2.82. The van der Waals surface area contributed by atoms with Crippen molar-refractivity contribution in [3.63, 3.8) is 0 Å². The van der Waals surface area contributed by atoms with Crippen LogP contribution in [0.5, 0.6) is 11.5 Å². The van der Waals surface area contributed by atoms with Gasteiger partial charge in [-0.2, -0.15) is 10.5 Å². The largest absolute Gasteiger partial charge is 0.484 e. The monoisotopic (exact) mass is 448 g/mol. The number of nitrogens with one attached hydrogen (secondary N) is 2. The summed E-state index contributed by atoms with van der Waals surface area (Å²) in [7, 11) is 0. The lowest BCUT2D eigenvalue weighted by atomic mass is 10.1. The van der Waals surface area contributed by atoms with Gasteiger partial charge in [0.15, 0.2) is 13.2 Å². The van der Waals surface area contributed by atoms with E-state index in [0.29, 0.717) is 30.8 Å². The first-order chi connectivity index (χ1) is 16.0. The molecule has 2 aromatic rings. The Labute approximate surface area is 194 Å². The molecule has 0 aliphatic heterocycles. The van der Waals surface area contributed by atoms with Crippen molar-refractivity contribution in [2.24, 2.45) is 0 Å². The van der Waals surface area contributed by atoms with Gasteiger partial charge in [0.25, 0.3) is 11.8 Å². The van der Waals surface area contributed by atoms with Gasteiger partial charge >= 0.3 is 0 Å². The van der Waals surface area contributed by atoms with Crippen LogP contribution in [-0.2, 0) is 22.4 Å². The molecule has 172 valence electrons. The molecule has 0 aliphatic carbocycles. The predicted octanol–water partition coefficient (Wildman–Crippen LogP) is 2.68. The molecular weight excluding hydrogens is 420 g/mol. The Hall–Kier alpha value is -4.04. The third-order valence-corrected chi connectivity index (χ3v) is 4.70. The number of nitrogens with zero attached hydrogens (tertiary/aromatic N) is 2. The number of hydrogen-bond acceptors (Lipinski definition) is 6. The Bertz CT molecular complexity index is 975. The average molecular weight is 449 g/mol. The summed E-state index contributed by atoms with van der Waals surface area (Å²) >= 11 is 0. The molecule has 0 radical (unpaired) electrons. The highest BCUT2D eigenvalue weighted by Crippen LogP contribution is 2.13. The molecule has 2 amide bonds. The molecule has 33 heavy (non-hydrogen) atoms. The predicted molar refractivity (Wildman–Crippen MR) is 122 cm³/mol. The summed E-state index contributed by atoms with van der Waals surface area (Å²) in [5, 5.41) is 23.1. The number of nitriles is 2. The minimum absolute atomic E-state index is 0.142. The topological polar surface area (TPSA) is 124 Å². The summed E-state index contributed by atoms with van der Waals surface area (Å²) in [5.41, 5.74) is 1.76. The van der Waals surface area contributed by atoms with E-state index in [1.54, 1.807) is 48.5 Å². The van der Waals surface area contributed by atoms with Crippen molar-refractivity contribution in [3.8, 4) is 23.6 Å². The van der Waals surface area contributed by atoms with Gasteiger partial charge in [-0.3, -0.25) is 9.59 Å². The second kappa shape index (κ2) is 14.1. The minimum atomic E-state index is -0.292. The van der Waals surface area contributed by atoms with E-state index in [1.807, 2.05) is 6.92 Å². The maximum absolute atomic E-state index is 12.3. The lowest BCUT2D eigenvalue weighted by Gasteiger charge is -2.19. The van der Waals surface area contributed by atoms with Crippen molar-refractivity contribution < 1.29 is 19.1 Å². The van der Waals surface area contributed by atoms with E-state index in [-0.39, 0.29) is 37.6 Å². The molecule has 0 saturated heterocycles. The van der Waals surface area contributed by atoms with Gasteiger partial charge in [0.1, 0.15) is 11.5 Å². The molecule has 0 heterocycles. The van der Waals surface area contributed by atoms with E-state index in [1.165, 1.54) is 0 Å². The molecular formula is C25H28N4O4. The van der Waals surface area contributed by atoms with Crippen LogP contribution in [0.3, 0.4) is 0 Å². The quantitative estimate of drug-likeness (QED) is 0.485. The molecule has 0 aliphatic rings. The van der Waals surface area contributed by atoms with Gasteiger partial charge in [0.2, 0.25) is 0 Å². The van der Waals surface area contributed by atoms with E-state index in [9.17, 15) is 9.59 Å². The van der Waals surface area contributed by atoms with Crippen LogP contribution in [-0.4, -0.2) is 37.6 Å². The lowest BCUT2D eigenvalue weighted by molar-refractivity contribution is -0.125. The van der Waals surface area contributed by atoms with E-state index >= 15 is 0 Å². The first kappa shape index (κ1) is 25.2. The molecule has 1 unspecified atom stereocenters. The molecule has 0 aromatic heterocycles. The number of benzene rings is 2. The van der Waals surface area contributed by atoms with Gasteiger partial charge in [-0.1, -0.05) is 37.6 Å². The van der Waals surface area contributed by atoms with Crippen molar-refractivity contribution in [2.75, 3.05) is 19.8 Å². The van der Waals surface area contributed by atoms with E-state index in [4.69, 9.17) is 20.0 Å². The molecule has 1 atom stereocenters. The third-order valence-electron chi connectivity index (χ3n) is 4.70. The van der Waals surface area contributed by atoms with Crippen LogP contribution in [0.1, 0.15) is 30.9 Å². The highest BCUT2D eigenvalue weighted by atomic mass is 16.5. The number of hydrogen-bond donors (Lipinski definition) is 2. The van der Waals surface area contributed by atoms with Gasteiger partial charge in [-0.15, -0.1) is 0 Å². The van der Waals surface area contributed by atoms with Crippen molar-refractivity contribution in [3.05, 3.63) is 59.7 Å². The van der Waals surface area contributed by atoms with E-state index < -0.39 is 0 Å². The van der Waals surface area contributed by atoms with Crippen LogP contribution in [0.15, 0.2) is 48.5 Å². The summed E-state index contributed by atoms with van der Waals surface area (Å²) in [6.45, 7) is 2.00. The molecule has 2 N–H and O–H groups in total. The van der Waals surface area contributed by atoms with Crippen molar-refractivity contribution >= 4 is 11.8 Å². The zero-order chi connectivity index (χ0) is 23.9. The van der Waals surface area contributed by atoms with Gasteiger partial charge in [0.05, 0.1) is 25.0 Å². The highest BCUT2D eigenvalue weighted by Gasteiger charge is 2.14. The Morgan fingerprint density at radius 3 is 1.79 bits per heavy atom. The van der Waals surface area contributed by atoms with Crippen LogP contribution >= 0.6 is 0 Å². The fourth-order valence-electron chi connectivity index (χ4n) is 3.02. The first-order valence-electron chi connectivity index (χ1n) is 10.8. The molecule has 8 heteroatoms. The van der Waals surface area contributed by atoms with Gasteiger partial charge < -0.3 is 20.1 Å². The van der Waals surface area contributed by atoms with Crippen molar-refractivity contribution in [1.82, 2.24) is 10.6 Å². The molecule has 0 saturated carbocycles. The fourth-order valence-corrected chi connectivity index (χ4v) is 3.02. The second-order valence-electron chi connectivity index (χ2n) is 7.39. The Morgan fingerprint density at radius 2 is 1.33 bits per heavy atom. The zero-order valence-electron chi connectivity index (χ0n) is 18.7. The van der Waals surface area contributed by atoms with Gasteiger partial charge in [-0.05, 0) is 41.8 Å². The summed E-state index contributed by atoms with van der Waals surface area (Å²) in [6.07, 6.45) is 2.19. The van der Waals surface area contributed by atoms with Crippen LogP contribution in [0.4, 0.5) is 0 Å². The van der Waals surface area contributed by atoms with E-state index in [0.717, 1.165) is 17.5 Å². The molecule has 0 spiro atoms. The molecule has 0 fully saturated rings. The lowest BCUT2D eigenvalue weighted by Crippen LogP contribution is -2.46. The van der Waals surface area contributed by atoms with E-state index in [2.05, 4.69) is 22.8 Å². The summed E-state index contributed by atoms with van der Waals surface area (Å²) < 4.78 is 11.0. The summed E-state index contributed by atoms with van der Waals surface area (Å²) in [4.78, 5) is 24.4. The Morgan fingerprint density at radius 1 is 0.848 bits per heavy atom. The molecule has 2 aromatic carbocycles. The normalized spacial score (nSPS) is 10.9. The maximum Gasteiger partial charge on any atom is 0.258 e. The van der Waals surface area contributed by atoms with Crippen LogP contribution < -0.4 is 20.1 Å². The summed E-state index contributed by atoms with van der Waals surface area (Å²) in [5.74, 6) is 0.519. The first-order valence-corrected chi connectivity index (χ1v) is 10.8. The SMILES string of the molecule is CCCC(CNC(=O)COc1ccc(CC#N)cc1)NC(=O)COc1ccc(CC#N)cc1. The second-order valence-corrected chi connectivity index (χ2v) is 7.39. The van der Waals surface area contributed by atoms with Crippen LogP contribution in [0.2, 0.25) is 0 Å². The van der Waals surface area contributed by atoms with Crippen LogP contribution in [0, 0.1) is 22.7 Å². The smallest absolute Gasteiger partial charge is 0.258 e. The van der Waals surface area contributed by atoms with Gasteiger partial charge in [-0.25, -0.2) is 0 Å². The number of carbonyl (C=O) groups excluding carboxylic acids is 2. The van der Waals surface area contributed by atoms with Crippen LogP contribution in [0.25, 0.3) is 0 Å². The zero-order valence-corrected chi connectivity index (χ0v) is 18.7. The number of rotatable bonds is 13. The minimum Gasteiger partial charge on any atom is -0.484 e. The Balaban J connectivity index is 1.72. The van der Waals surface area contributed by atoms with Crippen molar-refractivity contribution in [2.45, 2.75) is 38.6 Å². The highest BCUT2D eigenvalue weighted by molar-refractivity contribution is 5.79. The molecule has 8 nitrogen and oxygen atoms in total. The number of ether oxygens (including phenoxy) is 2. The fraction of sp³-hybridized carbons (Fsp3) is 0.360. The summed E-state index contributed by atoms with van der Waals surface area (Å²) in [6, 6.07) is 18.0. The van der Waals surface area contributed by atoms with Gasteiger partial charge in [0, 0.05) is 12.6 Å². The third kappa shape index (κ3) is 9.75. The Kier molecular flexibility index (Phi) is 10.8. The maximum atomic E-state index is 12.3. The molecule has 0 bridgehead atoms. The standard InChI is InChI=1S/C25H28N4O4/c1-2-3-21(29-25(31)18-33-23-10-6-20(7-11-23)13-15-27)16-28-24(30)17-32-22-8-4-19(5-9-22)12-14-26/h4-11,21H,2-3,12-13,16-18H2,1H3,(H,28,30)(H,29,31). The number of amides is 2.